The van der Waals surface area contributed by atoms with Crippen LogP contribution in [-0.4, -0.2) is 44.3 Å². The number of hydrogen-bond donors (Lipinski definition) is 2. The maximum atomic E-state index is 13.5. The van der Waals surface area contributed by atoms with Gasteiger partial charge in [-0.15, -0.1) is 0 Å². The number of ether oxygens (including phenoxy) is 2. The first kappa shape index (κ1) is 25.9. The molecule has 1 aliphatic heterocycles. The van der Waals surface area contributed by atoms with Crippen molar-refractivity contribution in [2.24, 2.45) is 0 Å². The van der Waals surface area contributed by atoms with Crippen molar-refractivity contribution in [3.05, 3.63) is 71.4 Å². The van der Waals surface area contributed by atoms with Crippen LogP contribution in [0.15, 0.2) is 65.7 Å². The average Bonchev–Trinajstić information content (AvgIpc) is 3.18. The standard InChI is InChI=1S/C22H22N6O2.C5H10O2/c23-20-19-21(26-14-25-20)28(16-5-4-12-24-13-16)22(29)27(19)15-8-10-18(11-9-15)30-17-6-2-1-3-7-17;1-5(2,3)7-4-6/h1-3,6-11,14,16,24H,4-5,12-13H2,(H2,23,25,26);4H,1-3H3. The van der Waals surface area contributed by atoms with Gasteiger partial charge in [0.1, 0.15) is 28.9 Å². The van der Waals surface area contributed by atoms with Crippen molar-refractivity contribution >= 4 is 23.5 Å². The Balaban J connectivity index is 0.000000405. The molecule has 1 fully saturated rings. The van der Waals surface area contributed by atoms with Gasteiger partial charge in [-0.25, -0.2) is 14.8 Å². The Labute approximate surface area is 215 Å². The quantitative estimate of drug-likeness (QED) is 0.393. The molecule has 2 aromatic heterocycles. The first-order chi connectivity index (χ1) is 17.8. The molecule has 3 N–H and O–H groups in total. The molecule has 0 amide bonds. The van der Waals surface area contributed by atoms with E-state index in [9.17, 15) is 9.59 Å². The van der Waals surface area contributed by atoms with Crippen LogP contribution in [0.1, 0.15) is 39.7 Å². The fraction of sp³-hybridized carbons (Fsp3) is 0.333. The molecule has 0 aliphatic carbocycles. The highest BCUT2D eigenvalue weighted by Crippen LogP contribution is 2.27. The molecule has 37 heavy (non-hydrogen) atoms. The smallest absolute Gasteiger partial charge is 0.335 e. The Kier molecular flexibility index (Phi) is 7.88. The summed E-state index contributed by atoms with van der Waals surface area (Å²) < 4.78 is 13.7. The van der Waals surface area contributed by atoms with Crippen molar-refractivity contribution in [1.29, 1.82) is 0 Å². The van der Waals surface area contributed by atoms with Gasteiger partial charge in [-0.1, -0.05) is 18.2 Å². The van der Waals surface area contributed by atoms with E-state index in [1.54, 1.807) is 9.13 Å². The van der Waals surface area contributed by atoms with E-state index in [1.807, 2.05) is 75.4 Å². The van der Waals surface area contributed by atoms with Gasteiger partial charge in [0.25, 0.3) is 6.47 Å². The minimum absolute atomic E-state index is 0.0324. The van der Waals surface area contributed by atoms with Gasteiger partial charge < -0.3 is 20.5 Å². The van der Waals surface area contributed by atoms with Crippen molar-refractivity contribution in [2.75, 3.05) is 18.8 Å². The van der Waals surface area contributed by atoms with Gasteiger partial charge in [-0.2, -0.15) is 0 Å². The number of nitrogens with two attached hydrogens (primary N) is 1. The summed E-state index contributed by atoms with van der Waals surface area (Å²) in [7, 11) is 0. The van der Waals surface area contributed by atoms with Crippen LogP contribution in [0.2, 0.25) is 0 Å². The van der Waals surface area contributed by atoms with E-state index in [0.29, 0.717) is 29.1 Å². The predicted octanol–water partition coefficient (Wildman–Crippen LogP) is 3.84. The van der Waals surface area contributed by atoms with Crippen molar-refractivity contribution < 1.29 is 14.3 Å². The monoisotopic (exact) mass is 504 g/mol. The van der Waals surface area contributed by atoms with Crippen LogP contribution in [0, 0.1) is 0 Å². The number of imidazole rings is 1. The van der Waals surface area contributed by atoms with E-state index < -0.39 is 0 Å². The fourth-order valence-corrected chi connectivity index (χ4v) is 4.12. The number of nitrogen functional groups attached to an aromatic ring is 1. The van der Waals surface area contributed by atoms with Crippen LogP contribution < -0.4 is 21.5 Å². The van der Waals surface area contributed by atoms with Gasteiger partial charge in [0.05, 0.1) is 11.7 Å². The number of carbonyl (C=O) groups is 1. The molecular formula is C27H32N6O4. The Morgan fingerprint density at radius 1 is 1.05 bits per heavy atom. The molecule has 1 saturated heterocycles. The lowest BCUT2D eigenvalue weighted by molar-refractivity contribution is -0.138. The third-order valence-corrected chi connectivity index (χ3v) is 5.79. The summed E-state index contributed by atoms with van der Waals surface area (Å²) in [4.78, 5) is 31.6. The van der Waals surface area contributed by atoms with Crippen LogP contribution in [0.25, 0.3) is 16.9 Å². The number of aromatic nitrogens is 4. The number of rotatable bonds is 5. The number of anilines is 1. The third-order valence-electron chi connectivity index (χ3n) is 5.79. The summed E-state index contributed by atoms with van der Waals surface area (Å²) >= 11 is 0. The van der Waals surface area contributed by atoms with Gasteiger partial charge in [0.15, 0.2) is 11.5 Å². The molecule has 0 bridgehead atoms. The van der Waals surface area contributed by atoms with E-state index in [4.69, 9.17) is 10.5 Å². The highest BCUT2D eigenvalue weighted by Gasteiger charge is 2.25. The largest absolute Gasteiger partial charge is 0.462 e. The first-order valence-corrected chi connectivity index (χ1v) is 12.2. The molecule has 5 rings (SSSR count). The van der Waals surface area contributed by atoms with E-state index in [0.717, 1.165) is 31.7 Å². The highest BCUT2D eigenvalue weighted by atomic mass is 16.5. The van der Waals surface area contributed by atoms with Gasteiger partial charge in [0, 0.05) is 6.54 Å². The second-order valence-corrected chi connectivity index (χ2v) is 9.65. The lowest BCUT2D eigenvalue weighted by Gasteiger charge is -2.23. The molecule has 1 aliphatic rings. The Hall–Kier alpha value is -4.18. The van der Waals surface area contributed by atoms with E-state index in [2.05, 4.69) is 20.0 Å². The van der Waals surface area contributed by atoms with Gasteiger partial charge in [-0.05, 0) is 76.6 Å². The number of nitrogens with one attached hydrogen (secondary N) is 1. The minimum Gasteiger partial charge on any atom is -0.462 e. The number of piperidine rings is 1. The zero-order valence-electron chi connectivity index (χ0n) is 21.3. The summed E-state index contributed by atoms with van der Waals surface area (Å²) in [5.41, 5.74) is 7.47. The van der Waals surface area contributed by atoms with Crippen molar-refractivity contribution in [2.45, 2.75) is 45.3 Å². The number of hydrogen-bond acceptors (Lipinski definition) is 8. The fourth-order valence-electron chi connectivity index (χ4n) is 4.12. The maximum absolute atomic E-state index is 13.5. The molecule has 10 heteroatoms. The molecule has 0 spiro atoms. The zero-order valence-corrected chi connectivity index (χ0v) is 21.3. The molecular weight excluding hydrogens is 472 g/mol. The van der Waals surface area contributed by atoms with Crippen LogP contribution in [0.4, 0.5) is 5.82 Å². The SMILES string of the molecule is CC(C)(C)OC=O.Nc1ncnc2c1n(-c1ccc(Oc3ccccc3)cc1)c(=O)n2C1CCCNC1. The number of fused-ring (bicyclic) bond motifs is 1. The first-order valence-electron chi connectivity index (χ1n) is 12.2. The second-order valence-electron chi connectivity index (χ2n) is 9.65. The molecule has 4 aromatic rings. The molecule has 1 unspecified atom stereocenters. The number of para-hydroxylation sites is 1. The lowest BCUT2D eigenvalue weighted by Crippen LogP contribution is -2.36. The summed E-state index contributed by atoms with van der Waals surface area (Å²) in [6, 6.07) is 16.9. The summed E-state index contributed by atoms with van der Waals surface area (Å²) in [6.07, 6.45) is 3.33. The summed E-state index contributed by atoms with van der Waals surface area (Å²) in [6.45, 7) is 7.61. The van der Waals surface area contributed by atoms with E-state index in [-0.39, 0.29) is 23.2 Å². The molecule has 2 aromatic carbocycles. The van der Waals surface area contributed by atoms with Crippen molar-refractivity contribution in [3.8, 4) is 17.2 Å². The molecule has 3 heterocycles. The Bertz CT molecular complexity index is 1380. The van der Waals surface area contributed by atoms with Crippen LogP contribution in [0.3, 0.4) is 0 Å². The van der Waals surface area contributed by atoms with Gasteiger partial charge in [-0.3, -0.25) is 13.9 Å². The molecule has 0 saturated carbocycles. The Morgan fingerprint density at radius 2 is 1.76 bits per heavy atom. The summed E-state index contributed by atoms with van der Waals surface area (Å²) in [5.74, 6) is 1.72. The van der Waals surface area contributed by atoms with E-state index in [1.165, 1.54) is 6.33 Å². The van der Waals surface area contributed by atoms with Gasteiger partial charge in [0.2, 0.25) is 0 Å². The van der Waals surface area contributed by atoms with Crippen LogP contribution in [-0.2, 0) is 9.53 Å². The highest BCUT2D eigenvalue weighted by molar-refractivity contribution is 5.84. The topological polar surface area (TPSA) is 126 Å². The van der Waals surface area contributed by atoms with Crippen LogP contribution in [0.5, 0.6) is 11.5 Å². The third kappa shape index (κ3) is 6.15. The molecule has 194 valence electrons. The zero-order chi connectivity index (χ0) is 26.4. The maximum Gasteiger partial charge on any atom is 0.335 e. The van der Waals surface area contributed by atoms with Gasteiger partial charge >= 0.3 is 5.69 Å². The number of benzene rings is 2. The molecule has 0 radical (unpaired) electrons. The van der Waals surface area contributed by atoms with Crippen molar-refractivity contribution in [1.82, 2.24) is 24.4 Å². The number of carbonyl (C=O) groups excluding carboxylic acids is 1. The Morgan fingerprint density at radius 3 is 2.35 bits per heavy atom. The van der Waals surface area contributed by atoms with Crippen molar-refractivity contribution in [3.63, 3.8) is 0 Å². The molecule has 10 nitrogen and oxygen atoms in total. The minimum atomic E-state index is -0.318. The normalized spacial score (nSPS) is 15.5. The number of nitrogens with zero attached hydrogens (tertiary/aromatic N) is 4. The lowest BCUT2D eigenvalue weighted by atomic mass is 10.1. The molecule has 1 atom stereocenters. The van der Waals surface area contributed by atoms with E-state index >= 15 is 0 Å². The van der Waals surface area contributed by atoms with Crippen LogP contribution >= 0.6 is 0 Å². The summed E-state index contributed by atoms with van der Waals surface area (Å²) in [5, 5.41) is 3.36. The second kappa shape index (κ2) is 11.3. The predicted molar refractivity (Wildman–Crippen MR) is 142 cm³/mol. The average molecular weight is 505 g/mol.